The minimum atomic E-state index is 0.321. The summed E-state index contributed by atoms with van der Waals surface area (Å²) in [5, 5.41) is 3.10. The fourth-order valence-corrected chi connectivity index (χ4v) is 1.76. The lowest BCUT2D eigenvalue weighted by atomic mass is 10.1. The van der Waals surface area contributed by atoms with Crippen LogP contribution in [0.15, 0.2) is 12.1 Å². The van der Waals surface area contributed by atoms with Gasteiger partial charge >= 0.3 is 0 Å². The summed E-state index contributed by atoms with van der Waals surface area (Å²) in [6.07, 6.45) is 0. The van der Waals surface area contributed by atoms with Gasteiger partial charge in [-0.05, 0) is 13.1 Å². The molecule has 0 radical (unpaired) electrons. The zero-order chi connectivity index (χ0) is 10.7. The molecule has 0 amide bonds. The zero-order valence-electron chi connectivity index (χ0n) is 9.00. The largest absolute Gasteiger partial charge is 0.496 e. The fourth-order valence-electron chi connectivity index (χ4n) is 1.76. The highest BCUT2D eigenvalue weighted by atomic mass is 16.7. The fraction of sp³-hybridized carbons (Fsp3) is 0.455. The van der Waals surface area contributed by atoms with Gasteiger partial charge in [-0.1, -0.05) is 6.07 Å². The van der Waals surface area contributed by atoms with E-state index in [2.05, 4.69) is 5.32 Å². The van der Waals surface area contributed by atoms with E-state index in [1.54, 1.807) is 7.11 Å². The second-order valence-corrected chi connectivity index (χ2v) is 3.38. The molecule has 4 heteroatoms. The molecule has 0 spiro atoms. The molecule has 1 heterocycles. The van der Waals surface area contributed by atoms with E-state index in [1.165, 1.54) is 0 Å². The molecule has 0 bridgehead atoms. The molecule has 1 N–H and O–H groups in total. The van der Waals surface area contributed by atoms with E-state index in [0.29, 0.717) is 13.4 Å². The molecule has 1 aromatic carbocycles. The number of nitrogens with one attached hydrogen (secondary N) is 1. The van der Waals surface area contributed by atoms with Crippen molar-refractivity contribution in [1.29, 1.82) is 0 Å². The van der Waals surface area contributed by atoms with Gasteiger partial charge in [-0.15, -0.1) is 0 Å². The number of benzene rings is 1. The van der Waals surface area contributed by atoms with Crippen LogP contribution in [0.1, 0.15) is 11.1 Å². The van der Waals surface area contributed by atoms with Crippen molar-refractivity contribution in [3.05, 3.63) is 23.3 Å². The highest BCUT2D eigenvalue weighted by Gasteiger charge is 2.18. The first kappa shape index (κ1) is 10.3. The minimum Gasteiger partial charge on any atom is -0.496 e. The van der Waals surface area contributed by atoms with Crippen LogP contribution >= 0.6 is 0 Å². The number of ether oxygens (including phenoxy) is 3. The lowest BCUT2D eigenvalue weighted by molar-refractivity contribution is -0.0175. The smallest absolute Gasteiger partial charge is 0.189 e. The van der Waals surface area contributed by atoms with Crippen molar-refractivity contribution in [2.24, 2.45) is 0 Å². The van der Waals surface area contributed by atoms with E-state index in [4.69, 9.17) is 14.2 Å². The number of fused-ring (bicyclic) bond motifs is 1. The maximum atomic E-state index is 5.40. The van der Waals surface area contributed by atoms with Gasteiger partial charge in [0.15, 0.2) is 6.79 Å². The predicted octanol–water partition coefficient (Wildman–Crippen LogP) is 1.28. The van der Waals surface area contributed by atoms with Gasteiger partial charge in [-0.2, -0.15) is 0 Å². The molecule has 0 saturated carbocycles. The van der Waals surface area contributed by atoms with Gasteiger partial charge in [0.1, 0.15) is 11.5 Å². The average Bonchev–Trinajstić information content (AvgIpc) is 2.29. The van der Waals surface area contributed by atoms with Crippen molar-refractivity contribution < 1.29 is 14.2 Å². The summed E-state index contributed by atoms with van der Waals surface area (Å²) in [4.78, 5) is 0. The number of hydrogen-bond donors (Lipinski definition) is 1. The van der Waals surface area contributed by atoms with Gasteiger partial charge in [-0.25, -0.2) is 0 Å². The normalized spacial score (nSPS) is 14.3. The number of methoxy groups -OCH3 is 1. The molecule has 1 aliphatic rings. The highest BCUT2D eigenvalue weighted by molar-refractivity contribution is 5.50. The Morgan fingerprint density at radius 3 is 3.07 bits per heavy atom. The Morgan fingerprint density at radius 1 is 1.47 bits per heavy atom. The van der Waals surface area contributed by atoms with Crippen LogP contribution in [0, 0.1) is 0 Å². The zero-order valence-corrected chi connectivity index (χ0v) is 9.00. The third-order valence-electron chi connectivity index (χ3n) is 2.41. The molecule has 1 aliphatic heterocycles. The van der Waals surface area contributed by atoms with E-state index in [0.717, 1.165) is 29.2 Å². The summed E-state index contributed by atoms with van der Waals surface area (Å²) >= 11 is 0. The predicted molar refractivity (Wildman–Crippen MR) is 56.0 cm³/mol. The Balaban J connectivity index is 2.42. The standard InChI is InChI=1S/C11H15NO3/c1-12-5-8-3-4-10-9(11(8)13-2)6-14-7-15-10/h3-4,12H,5-7H2,1-2H3. The van der Waals surface area contributed by atoms with Crippen LogP contribution in [0.2, 0.25) is 0 Å². The van der Waals surface area contributed by atoms with Gasteiger partial charge in [-0.3, -0.25) is 0 Å². The van der Waals surface area contributed by atoms with Crippen LogP contribution in [0.5, 0.6) is 11.5 Å². The van der Waals surface area contributed by atoms with Crippen LogP contribution < -0.4 is 14.8 Å². The summed E-state index contributed by atoms with van der Waals surface area (Å²) in [6.45, 7) is 1.65. The van der Waals surface area contributed by atoms with Crippen molar-refractivity contribution in [1.82, 2.24) is 5.32 Å². The lowest BCUT2D eigenvalue weighted by Gasteiger charge is -2.21. The summed E-state index contributed by atoms with van der Waals surface area (Å²) in [6, 6.07) is 3.98. The summed E-state index contributed by atoms with van der Waals surface area (Å²) in [5.41, 5.74) is 2.12. The van der Waals surface area contributed by atoms with Crippen molar-refractivity contribution in [2.75, 3.05) is 21.0 Å². The topological polar surface area (TPSA) is 39.7 Å². The van der Waals surface area contributed by atoms with E-state index in [-0.39, 0.29) is 0 Å². The SMILES string of the molecule is CNCc1ccc2c(c1OC)COCO2. The molecule has 2 rings (SSSR count). The van der Waals surface area contributed by atoms with Crippen LogP contribution in [-0.4, -0.2) is 21.0 Å². The third kappa shape index (κ3) is 1.91. The second-order valence-electron chi connectivity index (χ2n) is 3.38. The van der Waals surface area contributed by atoms with Crippen LogP contribution in [0.25, 0.3) is 0 Å². The van der Waals surface area contributed by atoms with E-state index in [1.807, 2.05) is 19.2 Å². The Hall–Kier alpha value is -1.26. The monoisotopic (exact) mass is 209 g/mol. The summed E-state index contributed by atoms with van der Waals surface area (Å²) in [5.74, 6) is 1.72. The molecule has 0 unspecified atom stereocenters. The van der Waals surface area contributed by atoms with Gasteiger partial charge in [0, 0.05) is 12.1 Å². The van der Waals surface area contributed by atoms with Gasteiger partial charge in [0.25, 0.3) is 0 Å². The average molecular weight is 209 g/mol. The molecule has 1 aromatic rings. The molecule has 0 fully saturated rings. The highest BCUT2D eigenvalue weighted by Crippen LogP contribution is 2.34. The molecule has 4 nitrogen and oxygen atoms in total. The first-order chi connectivity index (χ1) is 7.36. The Labute approximate surface area is 89.1 Å². The molecule has 0 atom stereocenters. The molecular formula is C11H15NO3. The quantitative estimate of drug-likeness (QED) is 0.814. The Morgan fingerprint density at radius 2 is 2.33 bits per heavy atom. The van der Waals surface area contributed by atoms with E-state index < -0.39 is 0 Å². The van der Waals surface area contributed by atoms with E-state index >= 15 is 0 Å². The Kier molecular flexibility index (Phi) is 3.08. The molecule has 82 valence electrons. The van der Waals surface area contributed by atoms with Crippen LogP contribution in [-0.2, 0) is 17.9 Å². The first-order valence-electron chi connectivity index (χ1n) is 4.90. The third-order valence-corrected chi connectivity index (χ3v) is 2.41. The van der Waals surface area contributed by atoms with Crippen LogP contribution in [0.3, 0.4) is 0 Å². The minimum absolute atomic E-state index is 0.321. The van der Waals surface area contributed by atoms with Crippen molar-refractivity contribution in [3.63, 3.8) is 0 Å². The van der Waals surface area contributed by atoms with Gasteiger partial charge in [0.2, 0.25) is 0 Å². The van der Waals surface area contributed by atoms with Crippen molar-refractivity contribution in [3.8, 4) is 11.5 Å². The number of hydrogen-bond acceptors (Lipinski definition) is 4. The van der Waals surface area contributed by atoms with E-state index in [9.17, 15) is 0 Å². The maximum Gasteiger partial charge on any atom is 0.189 e. The second kappa shape index (κ2) is 4.51. The number of rotatable bonds is 3. The Bertz CT molecular complexity index is 352. The summed E-state index contributed by atoms with van der Waals surface area (Å²) < 4.78 is 16.0. The molecular weight excluding hydrogens is 194 g/mol. The van der Waals surface area contributed by atoms with Gasteiger partial charge in [0.05, 0.1) is 19.3 Å². The molecule has 0 aromatic heterocycles. The molecule has 0 aliphatic carbocycles. The summed E-state index contributed by atoms with van der Waals surface area (Å²) in [7, 11) is 3.58. The van der Waals surface area contributed by atoms with Crippen molar-refractivity contribution >= 4 is 0 Å². The maximum absolute atomic E-state index is 5.40. The van der Waals surface area contributed by atoms with Crippen molar-refractivity contribution in [2.45, 2.75) is 13.2 Å². The lowest BCUT2D eigenvalue weighted by Crippen LogP contribution is -2.14. The first-order valence-corrected chi connectivity index (χ1v) is 4.90. The van der Waals surface area contributed by atoms with Crippen LogP contribution in [0.4, 0.5) is 0 Å². The molecule has 0 saturated heterocycles. The molecule has 15 heavy (non-hydrogen) atoms. The van der Waals surface area contributed by atoms with Gasteiger partial charge < -0.3 is 19.5 Å².